The highest BCUT2D eigenvalue weighted by molar-refractivity contribution is 5.94. The predicted molar refractivity (Wildman–Crippen MR) is 87.6 cm³/mol. The van der Waals surface area contributed by atoms with E-state index in [0.717, 1.165) is 18.7 Å². The number of aryl methyl sites for hydroxylation is 1. The predicted octanol–water partition coefficient (Wildman–Crippen LogP) is 3.56. The first-order chi connectivity index (χ1) is 10.1. The Morgan fingerprint density at radius 2 is 1.52 bits per heavy atom. The number of anilines is 1. The van der Waals surface area contributed by atoms with E-state index in [9.17, 15) is 4.79 Å². The van der Waals surface area contributed by atoms with Gasteiger partial charge in [0.15, 0.2) is 0 Å². The van der Waals surface area contributed by atoms with E-state index in [-0.39, 0.29) is 5.91 Å². The first kappa shape index (κ1) is 15.1. The van der Waals surface area contributed by atoms with Crippen LogP contribution in [0.15, 0.2) is 48.5 Å². The lowest BCUT2D eigenvalue weighted by Crippen LogP contribution is -2.21. The molecule has 0 saturated carbocycles. The normalized spacial score (nSPS) is 10.2. The van der Waals surface area contributed by atoms with Crippen molar-refractivity contribution < 1.29 is 4.79 Å². The van der Waals surface area contributed by atoms with Gasteiger partial charge in [-0.3, -0.25) is 4.79 Å². The van der Waals surface area contributed by atoms with Crippen LogP contribution in [0.3, 0.4) is 0 Å². The molecule has 0 bridgehead atoms. The molecule has 1 amide bonds. The van der Waals surface area contributed by atoms with Crippen LogP contribution >= 0.6 is 0 Å². The van der Waals surface area contributed by atoms with Crippen molar-refractivity contribution in [2.75, 3.05) is 19.4 Å². The van der Waals surface area contributed by atoms with Gasteiger partial charge in [0, 0.05) is 31.9 Å². The van der Waals surface area contributed by atoms with Crippen molar-refractivity contribution in [3.63, 3.8) is 0 Å². The third-order valence-corrected chi connectivity index (χ3v) is 3.47. The largest absolute Gasteiger partial charge is 0.381 e. The zero-order chi connectivity index (χ0) is 15.2. The van der Waals surface area contributed by atoms with E-state index in [4.69, 9.17) is 0 Å². The minimum atomic E-state index is 0.0247. The number of amides is 1. The topological polar surface area (TPSA) is 32.3 Å². The van der Waals surface area contributed by atoms with Crippen molar-refractivity contribution in [2.24, 2.45) is 0 Å². The molecule has 0 radical (unpaired) electrons. The third-order valence-electron chi connectivity index (χ3n) is 3.47. The molecule has 3 heteroatoms. The summed E-state index contributed by atoms with van der Waals surface area (Å²) < 4.78 is 0. The van der Waals surface area contributed by atoms with Crippen molar-refractivity contribution in [3.05, 3.63) is 65.2 Å². The fourth-order valence-corrected chi connectivity index (χ4v) is 2.09. The molecular weight excluding hydrogens is 260 g/mol. The Bertz CT molecular complexity index is 586. The zero-order valence-corrected chi connectivity index (χ0v) is 12.9. The summed E-state index contributed by atoms with van der Waals surface area (Å²) in [6, 6.07) is 16.2. The minimum absolute atomic E-state index is 0.0247. The summed E-state index contributed by atoms with van der Waals surface area (Å²) in [5.41, 5.74) is 4.33. The molecule has 0 heterocycles. The minimum Gasteiger partial charge on any atom is -0.381 e. The number of rotatable bonds is 5. The van der Waals surface area contributed by atoms with Gasteiger partial charge in [-0.1, -0.05) is 31.2 Å². The van der Waals surface area contributed by atoms with E-state index in [1.54, 1.807) is 19.0 Å². The average Bonchev–Trinajstić information content (AvgIpc) is 2.53. The Hall–Kier alpha value is -2.29. The lowest BCUT2D eigenvalue weighted by atomic mass is 10.1. The number of carbonyl (C=O) groups excluding carboxylic acids is 1. The number of benzene rings is 2. The van der Waals surface area contributed by atoms with Crippen LogP contribution in [-0.2, 0) is 13.0 Å². The summed E-state index contributed by atoms with van der Waals surface area (Å²) in [6.07, 6.45) is 1.06. The third kappa shape index (κ3) is 4.09. The molecule has 0 aliphatic heterocycles. The SMILES string of the molecule is CCc1ccc(CNc2ccc(C(=O)N(C)C)cc2)cc1. The fraction of sp³-hybridized carbons (Fsp3) is 0.278. The molecule has 21 heavy (non-hydrogen) atoms. The smallest absolute Gasteiger partial charge is 0.253 e. The van der Waals surface area contributed by atoms with Crippen LogP contribution in [0, 0.1) is 0 Å². The maximum atomic E-state index is 11.8. The van der Waals surface area contributed by atoms with Crippen molar-refractivity contribution in [1.82, 2.24) is 4.90 Å². The van der Waals surface area contributed by atoms with Crippen molar-refractivity contribution in [1.29, 1.82) is 0 Å². The summed E-state index contributed by atoms with van der Waals surface area (Å²) in [4.78, 5) is 13.4. The molecule has 0 aliphatic carbocycles. The van der Waals surface area contributed by atoms with E-state index in [2.05, 4.69) is 36.5 Å². The molecule has 0 fully saturated rings. The highest BCUT2D eigenvalue weighted by Gasteiger charge is 2.06. The van der Waals surface area contributed by atoms with Crippen LogP contribution in [-0.4, -0.2) is 24.9 Å². The van der Waals surface area contributed by atoms with Crippen LogP contribution in [0.25, 0.3) is 0 Å². The van der Waals surface area contributed by atoms with E-state index < -0.39 is 0 Å². The summed E-state index contributed by atoms with van der Waals surface area (Å²) in [7, 11) is 3.52. The molecule has 0 spiro atoms. The van der Waals surface area contributed by atoms with Crippen LogP contribution in [0.1, 0.15) is 28.4 Å². The highest BCUT2D eigenvalue weighted by atomic mass is 16.2. The van der Waals surface area contributed by atoms with E-state index in [1.165, 1.54) is 11.1 Å². The monoisotopic (exact) mass is 282 g/mol. The molecular formula is C18H22N2O. The van der Waals surface area contributed by atoms with Crippen LogP contribution < -0.4 is 5.32 Å². The van der Waals surface area contributed by atoms with Crippen LogP contribution in [0.4, 0.5) is 5.69 Å². The van der Waals surface area contributed by atoms with E-state index in [0.29, 0.717) is 5.56 Å². The average molecular weight is 282 g/mol. The molecule has 2 rings (SSSR count). The number of carbonyl (C=O) groups is 1. The Balaban J connectivity index is 1.95. The molecule has 110 valence electrons. The maximum absolute atomic E-state index is 11.8. The molecule has 0 atom stereocenters. The second kappa shape index (κ2) is 6.93. The van der Waals surface area contributed by atoms with Crippen molar-refractivity contribution >= 4 is 11.6 Å². The standard InChI is InChI=1S/C18H22N2O/c1-4-14-5-7-15(8-6-14)13-19-17-11-9-16(10-12-17)18(21)20(2)3/h5-12,19H,4,13H2,1-3H3. The van der Waals surface area contributed by atoms with Gasteiger partial charge in [0.1, 0.15) is 0 Å². The van der Waals surface area contributed by atoms with Gasteiger partial charge >= 0.3 is 0 Å². The van der Waals surface area contributed by atoms with Crippen LogP contribution in [0.5, 0.6) is 0 Å². The highest BCUT2D eigenvalue weighted by Crippen LogP contribution is 2.13. The number of hydrogen-bond donors (Lipinski definition) is 1. The summed E-state index contributed by atoms with van der Waals surface area (Å²) in [5.74, 6) is 0.0247. The van der Waals surface area contributed by atoms with Gasteiger partial charge in [-0.15, -0.1) is 0 Å². The molecule has 2 aromatic carbocycles. The molecule has 0 saturated heterocycles. The number of hydrogen-bond acceptors (Lipinski definition) is 2. The molecule has 2 aromatic rings. The quantitative estimate of drug-likeness (QED) is 0.909. The second-order valence-corrected chi connectivity index (χ2v) is 5.30. The van der Waals surface area contributed by atoms with Crippen molar-refractivity contribution in [3.8, 4) is 0 Å². The van der Waals surface area contributed by atoms with E-state index >= 15 is 0 Å². The lowest BCUT2D eigenvalue weighted by Gasteiger charge is -2.11. The van der Waals surface area contributed by atoms with Gasteiger partial charge in [-0.2, -0.15) is 0 Å². The molecule has 1 N–H and O–H groups in total. The number of nitrogens with one attached hydrogen (secondary N) is 1. The first-order valence-corrected chi connectivity index (χ1v) is 7.23. The Labute approximate surface area is 126 Å². The summed E-state index contributed by atoms with van der Waals surface area (Å²) in [6.45, 7) is 2.94. The Morgan fingerprint density at radius 1 is 0.952 bits per heavy atom. The molecule has 0 unspecified atom stereocenters. The lowest BCUT2D eigenvalue weighted by molar-refractivity contribution is 0.0827. The summed E-state index contributed by atoms with van der Waals surface area (Å²) >= 11 is 0. The fourth-order valence-electron chi connectivity index (χ4n) is 2.09. The van der Waals surface area contributed by atoms with Crippen LogP contribution in [0.2, 0.25) is 0 Å². The van der Waals surface area contributed by atoms with Gasteiger partial charge in [0.25, 0.3) is 5.91 Å². The van der Waals surface area contributed by atoms with Gasteiger partial charge in [0.2, 0.25) is 0 Å². The summed E-state index contributed by atoms with van der Waals surface area (Å²) in [5, 5.41) is 3.37. The van der Waals surface area contributed by atoms with Gasteiger partial charge in [-0.05, 0) is 41.8 Å². The molecule has 0 aromatic heterocycles. The van der Waals surface area contributed by atoms with Gasteiger partial charge in [0.05, 0.1) is 0 Å². The van der Waals surface area contributed by atoms with Crippen molar-refractivity contribution in [2.45, 2.75) is 19.9 Å². The number of nitrogens with zero attached hydrogens (tertiary/aromatic N) is 1. The first-order valence-electron chi connectivity index (χ1n) is 7.23. The molecule has 3 nitrogen and oxygen atoms in total. The Morgan fingerprint density at radius 3 is 2.05 bits per heavy atom. The maximum Gasteiger partial charge on any atom is 0.253 e. The van der Waals surface area contributed by atoms with E-state index in [1.807, 2.05) is 24.3 Å². The Kier molecular flexibility index (Phi) is 4.99. The second-order valence-electron chi connectivity index (χ2n) is 5.30. The van der Waals surface area contributed by atoms with Gasteiger partial charge in [-0.25, -0.2) is 0 Å². The molecule has 0 aliphatic rings. The van der Waals surface area contributed by atoms with Gasteiger partial charge < -0.3 is 10.2 Å². The zero-order valence-electron chi connectivity index (χ0n) is 12.9.